The maximum absolute atomic E-state index is 11.9. The van der Waals surface area contributed by atoms with E-state index in [-0.39, 0.29) is 11.2 Å². The Hall–Kier alpha value is -0.770. The molecule has 78 valence electrons. The molecule has 0 atom stereocenters. The number of aromatic nitrogens is 2. The molecular weight excluding hydrogens is 196 g/mol. The number of hydrogen-bond acceptors (Lipinski definition) is 3. The van der Waals surface area contributed by atoms with Crippen LogP contribution in [-0.2, 0) is 6.54 Å². The van der Waals surface area contributed by atoms with Crippen LogP contribution in [0.3, 0.4) is 0 Å². The summed E-state index contributed by atoms with van der Waals surface area (Å²) in [4.78, 5) is 16.0. The molecule has 0 saturated heterocycles. The number of carbonyl (C=O) groups is 1. The fourth-order valence-electron chi connectivity index (χ4n) is 1.14. The summed E-state index contributed by atoms with van der Waals surface area (Å²) in [5.41, 5.74) is -0.375. The molecule has 1 aromatic heterocycles. The summed E-state index contributed by atoms with van der Waals surface area (Å²) >= 11 is 4.14. The van der Waals surface area contributed by atoms with Gasteiger partial charge in [0.15, 0.2) is 5.82 Å². The first-order valence-electron chi connectivity index (χ1n) is 4.63. The van der Waals surface area contributed by atoms with E-state index in [1.165, 1.54) is 0 Å². The number of imidazole rings is 1. The van der Waals surface area contributed by atoms with E-state index in [1.54, 1.807) is 6.20 Å². The fraction of sp³-hybridized carbons (Fsp3) is 0.600. The standard InChI is InChI=1S/C10H16N2OS/c1-10(2,3)8(13)9-11-4-5-12(9)6-7-14/h4-5,14H,6-7H2,1-3H3. The number of ketones is 1. The van der Waals surface area contributed by atoms with E-state index in [2.05, 4.69) is 17.6 Å². The highest BCUT2D eigenvalue weighted by atomic mass is 32.1. The van der Waals surface area contributed by atoms with Crippen LogP contribution in [-0.4, -0.2) is 21.1 Å². The van der Waals surface area contributed by atoms with Crippen LogP contribution in [0, 0.1) is 5.41 Å². The Morgan fingerprint density at radius 2 is 2.21 bits per heavy atom. The third-order valence-corrected chi connectivity index (χ3v) is 2.14. The highest BCUT2D eigenvalue weighted by Crippen LogP contribution is 2.19. The van der Waals surface area contributed by atoms with Gasteiger partial charge in [0.25, 0.3) is 0 Å². The number of carbonyl (C=O) groups excluding carboxylic acids is 1. The molecule has 1 aromatic rings. The molecule has 0 aliphatic rings. The smallest absolute Gasteiger partial charge is 0.203 e. The monoisotopic (exact) mass is 212 g/mol. The van der Waals surface area contributed by atoms with Gasteiger partial charge in [-0.15, -0.1) is 0 Å². The predicted molar refractivity (Wildman–Crippen MR) is 59.9 cm³/mol. The van der Waals surface area contributed by atoms with Crippen LogP contribution >= 0.6 is 12.6 Å². The average Bonchev–Trinajstić information content (AvgIpc) is 2.50. The van der Waals surface area contributed by atoms with Gasteiger partial charge in [0.1, 0.15) is 0 Å². The van der Waals surface area contributed by atoms with E-state index in [0.29, 0.717) is 11.6 Å². The lowest BCUT2D eigenvalue weighted by Crippen LogP contribution is -2.24. The molecule has 0 unspecified atom stereocenters. The van der Waals surface area contributed by atoms with Crippen molar-refractivity contribution in [3.63, 3.8) is 0 Å². The summed E-state index contributed by atoms with van der Waals surface area (Å²) in [6.07, 6.45) is 3.47. The number of Topliss-reactive ketones (excluding diaryl/α,β-unsaturated/α-hetero) is 1. The van der Waals surface area contributed by atoms with Gasteiger partial charge in [0.05, 0.1) is 0 Å². The second-order valence-corrected chi connectivity index (χ2v) is 4.69. The maximum Gasteiger partial charge on any atom is 0.203 e. The highest BCUT2D eigenvalue weighted by Gasteiger charge is 2.26. The van der Waals surface area contributed by atoms with Gasteiger partial charge in [0, 0.05) is 30.1 Å². The molecule has 1 rings (SSSR count). The maximum atomic E-state index is 11.9. The summed E-state index contributed by atoms with van der Waals surface area (Å²) in [6.45, 7) is 6.42. The number of rotatable bonds is 3. The van der Waals surface area contributed by atoms with E-state index >= 15 is 0 Å². The van der Waals surface area contributed by atoms with E-state index in [4.69, 9.17) is 0 Å². The number of hydrogen-bond donors (Lipinski definition) is 1. The minimum atomic E-state index is -0.375. The molecule has 0 aliphatic heterocycles. The first-order valence-corrected chi connectivity index (χ1v) is 5.27. The van der Waals surface area contributed by atoms with Crippen LogP contribution in [0.5, 0.6) is 0 Å². The van der Waals surface area contributed by atoms with Crippen molar-refractivity contribution in [1.82, 2.24) is 9.55 Å². The van der Waals surface area contributed by atoms with Crippen molar-refractivity contribution in [1.29, 1.82) is 0 Å². The van der Waals surface area contributed by atoms with Crippen molar-refractivity contribution < 1.29 is 4.79 Å². The quantitative estimate of drug-likeness (QED) is 0.614. The fourth-order valence-corrected chi connectivity index (χ4v) is 1.36. The van der Waals surface area contributed by atoms with Gasteiger partial charge in [0.2, 0.25) is 5.78 Å². The molecule has 0 N–H and O–H groups in total. The zero-order chi connectivity index (χ0) is 10.8. The van der Waals surface area contributed by atoms with Crippen molar-refractivity contribution in [2.45, 2.75) is 27.3 Å². The van der Waals surface area contributed by atoms with Gasteiger partial charge in [-0.25, -0.2) is 4.98 Å². The summed E-state index contributed by atoms with van der Waals surface area (Å²) in [7, 11) is 0. The second-order valence-electron chi connectivity index (χ2n) is 4.25. The van der Waals surface area contributed by atoms with E-state index < -0.39 is 0 Å². The molecule has 0 aliphatic carbocycles. The Kier molecular flexibility index (Phi) is 3.37. The molecule has 14 heavy (non-hydrogen) atoms. The van der Waals surface area contributed by atoms with E-state index in [1.807, 2.05) is 31.5 Å². The third-order valence-electron chi connectivity index (χ3n) is 1.94. The zero-order valence-electron chi connectivity index (χ0n) is 8.82. The van der Waals surface area contributed by atoms with Crippen molar-refractivity contribution in [2.24, 2.45) is 5.41 Å². The first-order chi connectivity index (χ1) is 6.46. The van der Waals surface area contributed by atoms with Gasteiger partial charge >= 0.3 is 0 Å². The lowest BCUT2D eigenvalue weighted by atomic mass is 9.90. The molecule has 0 saturated carbocycles. The SMILES string of the molecule is CC(C)(C)C(=O)c1nccn1CCS. The largest absolute Gasteiger partial charge is 0.328 e. The molecular formula is C10H16N2OS. The van der Waals surface area contributed by atoms with E-state index in [9.17, 15) is 4.79 Å². The Morgan fingerprint density at radius 3 is 2.71 bits per heavy atom. The van der Waals surface area contributed by atoms with Crippen molar-refractivity contribution in [3.05, 3.63) is 18.2 Å². The minimum Gasteiger partial charge on any atom is -0.328 e. The Balaban J connectivity index is 2.95. The van der Waals surface area contributed by atoms with Crippen LogP contribution in [0.1, 0.15) is 31.4 Å². The molecule has 0 spiro atoms. The Bertz CT molecular complexity index is 325. The number of nitrogens with zero attached hydrogens (tertiary/aromatic N) is 2. The average molecular weight is 212 g/mol. The van der Waals surface area contributed by atoms with Crippen LogP contribution < -0.4 is 0 Å². The van der Waals surface area contributed by atoms with Crippen molar-refractivity contribution in [2.75, 3.05) is 5.75 Å². The third kappa shape index (κ3) is 2.38. The van der Waals surface area contributed by atoms with Crippen LogP contribution in [0.2, 0.25) is 0 Å². The minimum absolute atomic E-state index is 0.0734. The molecule has 4 heteroatoms. The lowest BCUT2D eigenvalue weighted by molar-refractivity contribution is 0.0842. The van der Waals surface area contributed by atoms with E-state index in [0.717, 1.165) is 6.54 Å². The zero-order valence-corrected chi connectivity index (χ0v) is 9.71. The Labute approximate surface area is 89.9 Å². The summed E-state index contributed by atoms with van der Waals surface area (Å²) < 4.78 is 1.85. The van der Waals surface area contributed by atoms with Gasteiger partial charge in [-0.05, 0) is 0 Å². The summed E-state index contributed by atoms with van der Waals surface area (Å²) in [5, 5.41) is 0. The number of thiol groups is 1. The molecule has 0 aromatic carbocycles. The molecule has 1 heterocycles. The first kappa shape index (κ1) is 11.3. The Morgan fingerprint density at radius 1 is 1.57 bits per heavy atom. The topological polar surface area (TPSA) is 34.9 Å². The van der Waals surface area contributed by atoms with Crippen LogP contribution in [0.25, 0.3) is 0 Å². The molecule has 0 fully saturated rings. The van der Waals surface area contributed by atoms with Crippen molar-refractivity contribution >= 4 is 18.4 Å². The molecule has 0 radical (unpaired) electrons. The van der Waals surface area contributed by atoms with Gasteiger partial charge in [-0.2, -0.15) is 12.6 Å². The molecule has 0 bridgehead atoms. The van der Waals surface area contributed by atoms with Crippen LogP contribution in [0.15, 0.2) is 12.4 Å². The van der Waals surface area contributed by atoms with Crippen molar-refractivity contribution in [3.8, 4) is 0 Å². The molecule has 0 amide bonds. The van der Waals surface area contributed by atoms with Gasteiger partial charge < -0.3 is 4.57 Å². The van der Waals surface area contributed by atoms with Crippen LogP contribution in [0.4, 0.5) is 0 Å². The second kappa shape index (κ2) is 4.17. The summed E-state index contributed by atoms with van der Waals surface area (Å²) in [6, 6.07) is 0. The normalized spacial score (nSPS) is 11.7. The predicted octanol–water partition coefficient (Wildman–Crippen LogP) is 2.04. The molecule has 3 nitrogen and oxygen atoms in total. The van der Waals surface area contributed by atoms with Gasteiger partial charge in [-0.3, -0.25) is 4.79 Å². The summed E-state index contributed by atoms with van der Waals surface area (Å²) in [5.74, 6) is 1.32. The number of aryl methyl sites for hydroxylation is 1. The van der Waals surface area contributed by atoms with Gasteiger partial charge in [-0.1, -0.05) is 20.8 Å². The lowest BCUT2D eigenvalue weighted by Gasteiger charge is -2.16. The highest BCUT2D eigenvalue weighted by molar-refractivity contribution is 7.80.